The first-order valence-corrected chi connectivity index (χ1v) is 22.6. The Morgan fingerprint density at radius 1 is 0.750 bits per heavy atom. The zero-order chi connectivity index (χ0) is 40.3. The molecule has 0 amide bonds. The van der Waals surface area contributed by atoms with Crippen LogP contribution >= 0.6 is 0 Å². The summed E-state index contributed by atoms with van der Waals surface area (Å²) in [5.74, 6) is 0. The van der Waals surface area contributed by atoms with Crippen LogP contribution in [0.4, 0.5) is 5.69 Å². The van der Waals surface area contributed by atoms with Crippen LogP contribution in [-0.2, 0) is 52.8 Å². The van der Waals surface area contributed by atoms with Gasteiger partial charge < -0.3 is 18.6 Å². The van der Waals surface area contributed by atoms with Gasteiger partial charge in [0.1, 0.15) is 18.3 Å². The molecule has 14 nitrogen and oxygen atoms in total. The van der Waals surface area contributed by atoms with Crippen molar-refractivity contribution in [1.29, 1.82) is 0 Å². The Bertz CT molecular complexity index is 2250. The molecule has 1 heterocycles. The second-order valence-electron chi connectivity index (χ2n) is 14.0. The van der Waals surface area contributed by atoms with Crippen molar-refractivity contribution in [2.45, 2.75) is 75.8 Å². The number of nitro benzene ring substituents is 1. The van der Waals surface area contributed by atoms with Crippen LogP contribution in [0.3, 0.4) is 0 Å². The minimum Gasteiger partial charge on any atom is -0.395 e. The number of rotatable bonds is 20. The molecule has 0 radical (unpaired) electrons. The summed E-state index contributed by atoms with van der Waals surface area (Å²) in [6.07, 6.45) is -4.00. The Kier molecular flexibility index (Phi) is 14.4. The number of aryl methyl sites for hydroxylation is 1. The average Bonchev–Trinajstić information content (AvgIpc) is 3.17. The average molecular weight is 804 g/mol. The molecule has 1 aromatic heterocycles. The van der Waals surface area contributed by atoms with E-state index in [0.717, 1.165) is 41.0 Å². The highest BCUT2D eigenvalue weighted by atomic mass is 32.2. The van der Waals surface area contributed by atoms with Gasteiger partial charge in [0.2, 0.25) is 0 Å². The summed E-state index contributed by atoms with van der Waals surface area (Å²) in [4.78, 5) is 38.9. The van der Waals surface area contributed by atoms with Gasteiger partial charge in [-0.3, -0.25) is 28.6 Å². The first-order chi connectivity index (χ1) is 26.7. The maximum absolute atomic E-state index is 14.1. The van der Waals surface area contributed by atoms with Crippen molar-refractivity contribution in [2.75, 3.05) is 6.61 Å². The number of nitro groups is 1. The molecule has 0 saturated carbocycles. The van der Waals surface area contributed by atoms with E-state index in [1.807, 2.05) is 111 Å². The fourth-order valence-electron chi connectivity index (χ4n) is 5.70. The molecule has 0 aliphatic rings. The van der Waals surface area contributed by atoms with Crippen LogP contribution in [0.1, 0.15) is 28.5 Å². The number of nitrogens with zero attached hydrogens (tertiary/aromatic N) is 2. The molecular weight excluding hydrogens is 759 g/mol. The summed E-state index contributed by atoms with van der Waals surface area (Å²) >= 11 is 0. The minimum atomic E-state index is -4.66. The molecule has 1 N–H and O–H groups in total. The zero-order valence-electron chi connectivity index (χ0n) is 31.5. The van der Waals surface area contributed by atoms with Gasteiger partial charge in [-0.25, -0.2) is 4.79 Å². The lowest BCUT2D eigenvalue weighted by Gasteiger charge is -2.39. The van der Waals surface area contributed by atoms with E-state index in [0.29, 0.717) is 0 Å². The van der Waals surface area contributed by atoms with Crippen molar-refractivity contribution < 1.29 is 36.2 Å². The molecule has 0 fully saturated rings. The molecule has 56 heavy (non-hydrogen) atoms. The highest BCUT2D eigenvalue weighted by Crippen LogP contribution is 2.31. The number of non-ortho nitro benzene ring substituents is 1. The number of hydrogen-bond acceptors (Lipinski definition) is 11. The van der Waals surface area contributed by atoms with Gasteiger partial charge in [-0.1, -0.05) is 91.0 Å². The SMILES string of the molecule is Cc1cn([C@H](O[Si](C)(C)C)[C@H](OCc2ccccc2)[C@@H](OCc2ccccc2)[C@@H](COCc2ccccc2)OS(=O)(=O)c2ccc([N+](=O)[O-])cc2)c(=O)[nH]c1=O. The van der Waals surface area contributed by atoms with E-state index < -0.39 is 59.1 Å². The zero-order valence-corrected chi connectivity index (χ0v) is 33.3. The van der Waals surface area contributed by atoms with Crippen molar-refractivity contribution >= 4 is 24.1 Å². The number of aromatic amines is 1. The van der Waals surface area contributed by atoms with Crippen molar-refractivity contribution in [3.8, 4) is 0 Å². The molecule has 16 heteroatoms. The van der Waals surface area contributed by atoms with Crippen LogP contribution in [0.25, 0.3) is 0 Å². The van der Waals surface area contributed by atoms with Crippen LogP contribution in [0.15, 0.2) is 136 Å². The van der Waals surface area contributed by atoms with E-state index in [2.05, 4.69) is 4.98 Å². The molecule has 0 bridgehead atoms. The van der Waals surface area contributed by atoms with Gasteiger partial charge in [0.25, 0.3) is 21.4 Å². The largest absolute Gasteiger partial charge is 0.395 e. The summed E-state index contributed by atoms with van der Waals surface area (Å²) in [5, 5.41) is 11.4. The van der Waals surface area contributed by atoms with Gasteiger partial charge in [0.05, 0.1) is 36.2 Å². The highest BCUT2D eigenvalue weighted by Gasteiger charge is 2.43. The molecule has 0 saturated heterocycles. The van der Waals surface area contributed by atoms with E-state index in [1.165, 1.54) is 10.8 Å². The summed E-state index contributed by atoms with van der Waals surface area (Å²) in [6, 6.07) is 31.9. The smallest absolute Gasteiger partial charge is 0.330 e. The van der Waals surface area contributed by atoms with E-state index >= 15 is 0 Å². The topological polar surface area (TPSA) is 178 Å². The maximum atomic E-state index is 14.1. The third-order valence-electron chi connectivity index (χ3n) is 8.42. The Balaban J connectivity index is 1.67. The van der Waals surface area contributed by atoms with Gasteiger partial charge in [-0.15, -0.1) is 0 Å². The summed E-state index contributed by atoms with van der Waals surface area (Å²) in [5.41, 5.74) is 0.846. The summed E-state index contributed by atoms with van der Waals surface area (Å²) < 4.78 is 61.6. The van der Waals surface area contributed by atoms with Crippen LogP contribution in [0.5, 0.6) is 0 Å². The van der Waals surface area contributed by atoms with Crippen molar-refractivity contribution in [2.24, 2.45) is 0 Å². The Hall–Kier alpha value is -5.07. The normalized spacial score (nSPS) is 14.1. The van der Waals surface area contributed by atoms with E-state index in [1.54, 1.807) is 6.92 Å². The first-order valence-electron chi connectivity index (χ1n) is 17.8. The van der Waals surface area contributed by atoms with Gasteiger partial charge in [-0.05, 0) is 55.4 Å². The van der Waals surface area contributed by atoms with Gasteiger partial charge in [-0.2, -0.15) is 8.42 Å². The first kappa shape index (κ1) is 42.1. The predicted molar refractivity (Wildman–Crippen MR) is 211 cm³/mol. The number of nitrogens with one attached hydrogen (secondary N) is 1. The van der Waals surface area contributed by atoms with Crippen molar-refractivity contribution in [1.82, 2.24) is 9.55 Å². The molecule has 5 rings (SSSR count). The Labute approximate surface area is 326 Å². The molecule has 296 valence electrons. The van der Waals surface area contributed by atoms with Gasteiger partial charge in [0.15, 0.2) is 14.5 Å². The second kappa shape index (κ2) is 19.2. The Morgan fingerprint density at radius 2 is 1.25 bits per heavy atom. The molecule has 0 aliphatic carbocycles. The van der Waals surface area contributed by atoms with Crippen molar-refractivity contribution in [3.63, 3.8) is 0 Å². The monoisotopic (exact) mass is 803 g/mol. The fourth-order valence-corrected chi connectivity index (χ4v) is 7.75. The molecular formula is C40H45N3O11SSi. The Morgan fingerprint density at radius 3 is 1.75 bits per heavy atom. The summed E-state index contributed by atoms with van der Waals surface area (Å²) in [6.45, 7) is 6.92. The summed E-state index contributed by atoms with van der Waals surface area (Å²) in [7, 11) is -7.27. The molecule has 0 aliphatic heterocycles. The van der Waals surface area contributed by atoms with Gasteiger partial charge >= 0.3 is 5.69 Å². The maximum Gasteiger partial charge on any atom is 0.330 e. The van der Waals surface area contributed by atoms with Crippen LogP contribution in [0.2, 0.25) is 19.6 Å². The van der Waals surface area contributed by atoms with Gasteiger partial charge in [0, 0.05) is 23.9 Å². The van der Waals surface area contributed by atoms with E-state index in [9.17, 15) is 28.1 Å². The third kappa shape index (κ3) is 12.0. The lowest BCUT2D eigenvalue weighted by Crippen LogP contribution is -2.53. The second-order valence-corrected chi connectivity index (χ2v) is 20.0. The van der Waals surface area contributed by atoms with Crippen molar-refractivity contribution in [3.05, 3.63) is 175 Å². The molecule has 5 aromatic rings. The number of aromatic nitrogens is 2. The van der Waals surface area contributed by atoms with Crippen LogP contribution in [0, 0.1) is 17.0 Å². The predicted octanol–water partition coefficient (Wildman–Crippen LogP) is 6.27. The number of benzene rings is 4. The molecule has 4 atom stereocenters. The lowest BCUT2D eigenvalue weighted by atomic mass is 10.1. The van der Waals surface area contributed by atoms with E-state index in [4.69, 9.17) is 22.8 Å². The minimum absolute atomic E-state index is 0.0218. The van der Waals surface area contributed by atoms with Crippen LogP contribution in [-0.4, -0.2) is 56.1 Å². The third-order valence-corrected chi connectivity index (χ3v) is 10.7. The molecule has 0 unspecified atom stereocenters. The highest BCUT2D eigenvalue weighted by molar-refractivity contribution is 7.86. The number of H-pyrrole nitrogens is 1. The quantitative estimate of drug-likeness (QED) is 0.0406. The van der Waals surface area contributed by atoms with Crippen LogP contribution < -0.4 is 11.2 Å². The standard InChI is InChI=1S/C40H45N3O11SSi/c1-29-24-42(40(45)41-38(29)44)39(54-56(2,3)4)37(52-27-32-18-12-7-13-19-32)36(51-26-31-16-10-6-11-17-31)35(28-50-25-30-14-8-5-9-15-30)53-55(48,49)34-22-20-33(21-23-34)43(46)47/h5-24,35-37,39H,25-28H2,1-4H3,(H,41,44,45)/t35-,36+,37-,39-/m1/s1. The number of ether oxygens (including phenoxy) is 3. The fraction of sp³-hybridized carbons (Fsp3) is 0.300. The lowest BCUT2D eigenvalue weighted by molar-refractivity contribution is -0.384. The van der Waals surface area contributed by atoms with E-state index in [-0.39, 0.29) is 42.6 Å². The molecule has 0 spiro atoms. The molecule has 4 aromatic carbocycles. The number of hydrogen-bond donors (Lipinski definition) is 1.